The molecule has 2 aromatic rings. The van der Waals surface area contributed by atoms with E-state index in [0.717, 1.165) is 31.5 Å². The first-order chi connectivity index (χ1) is 9.72. The molecule has 1 unspecified atom stereocenters. The maximum atomic E-state index is 13.0. The Morgan fingerprint density at radius 3 is 3.10 bits per heavy atom. The van der Waals surface area contributed by atoms with E-state index in [1.165, 1.54) is 12.1 Å². The standard InChI is InChI=1S/C14H15ClFN3O/c15-12-7-11(16)4-3-9(12)6-13-18-14(20-19-13)10-2-1-5-17-8-10/h3-4,7,10,17H,1-2,5-6,8H2. The lowest BCUT2D eigenvalue weighted by Gasteiger charge is -2.18. The van der Waals surface area contributed by atoms with Gasteiger partial charge in [-0.15, -0.1) is 0 Å². The predicted octanol–water partition coefficient (Wildman–Crippen LogP) is 2.92. The van der Waals surface area contributed by atoms with E-state index in [0.29, 0.717) is 23.2 Å². The third-order valence-electron chi connectivity index (χ3n) is 3.49. The zero-order chi connectivity index (χ0) is 13.9. The number of benzene rings is 1. The molecule has 1 aliphatic heterocycles. The monoisotopic (exact) mass is 295 g/mol. The molecule has 0 spiro atoms. The van der Waals surface area contributed by atoms with Crippen LogP contribution in [-0.4, -0.2) is 23.2 Å². The lowest BCUT2D eigenvalue weighted by molar-refractivity contribution is 0.320. The number of piperidine rings is 1. The Balaban J connectivity index is 1.73. The Bertz CT molecular complexity index is 596. The minimum absolute atomic E-state index is 0.286. The van der Waals surface area contributed by atoms with Gasteiger partial charge in [0.1, 0.15) is 5.82 Å². The molecular formula is C14H15ClFN3O. The van der Waals surface area contributed by atoms with Gasteiger partial charge in [0.2, 0.25) is 5.89 Å². The van der Waals surface area contributed by atoms with Crippen molar-refractivity contribution in [2.24, 2.45) is 0 Å². The molecule has 0 aliphatic carbocycles. The fourth-order valence-corrected chi connectivity index (χ4v) is 2.64. The molecule has 0 saturated carbocycles. The highest BCUT2D eigenvalue weighted by Gasteiger charge is 2.21. The van der Waals surface area contributed by atoms with Gasteiger partial charge in [-0.05, 0) is 37.1 Å². The largest absolute Gasteiger partial charge is 0.339 e. The van der Waals surface area contributed by atoms with Gasteiger partial charge in [0.05, 0.1) is 5.92 Å². The third-order valence-corrected chi connectivity index (χ3v) is 3.85. The number of hydrogen-bond donors (Lipinski definition) is 1. The number of halogens is 2. The van der Waals surface area contributed by atoms with E-state index in [9.17, 15) is 4.39 Å². The summed E-state index contributed by atoms with van der Waals surface area (Å²) in [5.41, 5.74) is 0.794. The van der Waals surface area contributed by atoms with E-state index >= 15 is 0 Å². The van der Waals surface area contributed by atoms with E-state index in [2.05, 4.69) is 15.5 Å². The van der Waals surface area contributed by atoms with Crippen molar-refractivity contribution in [3.63, 3.8) is 0 Å². The molecule has 20 heavy (non-hydrogen) atoms. The molecule has 1 N–H and O–H groups in total. The molecule has 1 aromatic heterocycles. The second-order valence-electron chi connectivity index (χ2n) is 5.00. The Hall–Kier alpha value is -1.46. The van der Waals surface area contributed by atoms with E-state index in [1.807, 2.05) is 0 Å². The molecule has 1 fully saturated rings. The minimum atomic E-state index is -0.346. The summed E-state index contributed by atoms with van der Waals surface area (Å²) in [4.78, 5) is 4.42. The number of nitrogens with one attached hydrogen (secondary N) is 1. The fourth-order valence-electron chi connectivity index (χ4n) is 2.40. The second-order valence-corrected chi connectivity index (χ2v) is 5.41. The molecule has 0 bridgehead atoms. The van der Waals surface area contributed by atoms with Crippen LogP contribution < -0.4 is 5.32 Å². The van der Waals surface area contributed by atoms with Crippen LogP contribution in [0.25, 0.3) is 0 Å². The molecule has 6 heteroatoms. The lowest BCUT2D eigenvalue weighted by atomic mass is 10.00. The Morgan fingerprint density at radius 2 is 2.35 bits per heavy atom. The van der Waals surface area contributed by atoms with Gasteiger partial charge in [0, 0.05) is 18.0 Å². The number of nitrogens with zero attached hydrogens (tertiary/aromatic N) is 2. The molecule has 0 amide bonds. The van der Waals surface area contributed by atoms with Gasteiger partial charge in [0.15, 0.2) is 5.82 Å². The number of rotatable bonds is 3. The molecule has 1 aromatic carbocycles. The van der Waals surface area contributed by atoms with Gasteiger partial charge in [-0.25, -0.2) is 4.39 Å². The molecule has 2 heterocycles. The maximum Gasteiger partial charge on any atom is 0.231 e. The van der Waals surface area contributed by atoms with E-state index in [4.69, 9.17) is 16.1 Å². The zero-order valence-electron chi connectivity index (χ0n) is 10.9. The zero-order valence-corrected chi connectivity index (χ0v) is 11.7. The van der Waals surface area contributed by atoms with Crippen LogP contribution in [0.3, 0.4) is 0 Å². The van der Waals surface area contributed by atoms with E-state index in [1.54, 1.807) is 6.07 Å². The topological polar surface area (TPSA) is 51.0 Å². The van der Waals surface area contributed by atoms with E-state index < -0.39 is 0 Å². The smallest absolute Gasteiger partial charge is 0.231 e. The van der Waals surface area contributed by atoms with Crippen LogP contribution in [-0.2, 0) is 6.42 Å². The average molecular weight is 296 g/mol. The van der Waals surface area contributed by atoms with Crippen LogP contribution in [0.5, 0.6) is 0 Å². The summed E-state index contributed by atoms with van der Waals surface area (Å²) >= 11 is 6.00. The Kier molecular flexibility index (Phi) is 3.98. The van der Waals surface area contributed by atoms with Crippen molar-refractivity contribution in [3.8, 4) is 0 Å². The van der Waals surface area contributed by atoms with Crippen molar-refractivity contribution >= 4 is 11.6 Å². The first-order valence-electron chi connectivity index (χ1n) is 6.69. The van der Waals surface area contributed by atoms with Gasteiger partial charge in [-0.2, -0.15) is 4.98 Å². The molecule has 106 valence electrons. The average Bonchev–Trinajstić information content (AvgIpc) is 2.92. The van der Waals surface area contributed by atoms with Crippen molar-refractivity contribution in [3.05, 3.63) is 46.3 Å². The van der Waals surface area contributed by atoms with Crippen LogP contribution in [0, 0.1) is 5.82 Å². The third kappa shape index (κ3) is 2.99. The van der Waals surface area contributed by atoms with Crippen molar-refractivity contribution in [2.75, 3.05) is 13.1 Å². The molecule has 1 aliphatic rings. The van der Waals surface area contributed by atoms with Gasteiger partial charge in [-0.1, -0.05) is 22.8 Å². The van der Waals surface area contributed by atoms with Crippen molar-refractivity contribution in [1.82, 2.24) is 15.5 Å². The SMILES string of the molecule is Fc1ccc(Cc2noc(C3CCCNC3)n2)c(Cl)c1. The number of hydrogen-bond acceptors (Lipinski definition) is 4. The van der Waals surface area contributed by atoms with Crippen LogP contribution in [0.1, 0.15) is 36.0 Å². The van der Waals surface area contributed by atoms with Crippen LogP contribution in [0.2, 0.25) is 5.02 Å². The Labute approximate surface area is 121 Å². The predicted molar refractivity (Wildman–Crippen MR) is 73.4 cm³/mol. The highest BCUT2D eigenvalue weighted by molar-refractivity contribution is 6.31. The van der Waals surface area contributed by atoms with Crippen molar-refractivity contribution < 1.29 is 8.91 Å². The molecule has 0 radical (unpaired) electrons. The highest BCUT2D eigenvalue weighted by Crippen LogP contribution is 2.23. The molecule has 1 saturated heterocycles. The second kappa shape index (κ2) is 5.89. The molecular weight excluding hydrogens is 281 g/mol. The Morgan fingerprint density at radius 1 is 1.45 bits per heavy atom. The van der Waals surface area contributed by atoms with Gasteiger partial charge in [0.25, 0.3) is 0 Å². The quantitative estimate of drug-likeness (QED) is 0.946. The van der Waals surface area contributed by atoms with Crippen molar-refractivity contribution in [2.45, 2.75) is 25.2 Å². The normalized spacial score (nSPS) is 19.2. The summed E-state index contributed by atoms with van der Waals surface area (Å²) in [7, 11) is 0. The molecule has 3 rings (SSSR count). The van der Waals surface area contributed by atoms with Gasteiger partial charge < -0.3 is 9.84 Å². The summed E-state index contributed by atoms with van der Waals surface area (Å²) in [6.45, 7) is 1.92. The fraction of sp³-hybridized carbons (Fsp3) is 0.429. The summed E-state index contributed by atoms with van der Waals surface area (Å²) in [5, 5.41) is 7.69. The van der Waals surface area contributed by atoms with E-state index in [-0.39, 0.29) is 11.7 Å². The molecule has 4 nitrogen and oxygen atoms in total. The van der Waals surface area contributed by atoms with Gasteiger partial charge in [-0.3, -0.25) is 0 Å². The van der Waals surface area contributed by atoms with Crippen LogP contribution in [0.15, 0.2) is 22.7 Å². The number of aromatic nitrogens is 2. The highest BCUT2D eigenvalue weighted by atomic mass is 35.5. The van der Waals surface area contributed by atoms with Crippen molar-refractivity contribution in [1.29, 1.82) is 0 Å². The van der Waals surface area contributed by atoms with Crippen LogP contribution >= 0.6 is 11.6 Å². The first kappa shape index (κ1) is 13.5. The van der Waals surface area contributed by atoms with Crippen LogP contribution in [0.4, 0.5) is 4.39 Å². The summed E-state index contributed by atoms with van der Waals surface area (Å²) in [5.74, 6) is 1.19. The summed E-state index contributed by atoms with van der Waals surface area (Å²) < 4.78 is 18.3. The maximum absolute atomic E-state index is 13.0. The van der Waals surface area contributed by atoms with Gasteiger partial charge >= 0.3 is 0 Å². The molecule has 1 atom stereocenters. The lowest BCUT2D eigenvalue weighted by Crippen LogP contribution is -2.28. The first-order valence-corrected chi connectivity index (χ1v) is 7.07. The summed E-state index contributed by atoms with van der Waals surface area (Å²) in [6.07, 6.45) is 2.63. The summed E-state index contributed by atoms with van der Waals surface area (Å²) in [6, 6.07) is 4.33. The minimum Gasteiger partial charge on any atom is -0.339 e.